The van der Waals surface area contributed by atoms with E-state index < -0.39 is 0 Å². The minimum absolute atomic E-state index is 0.0123. The van der Waals surface area contributed by atoms with Crippen molar-refractivity contribution in [1.29, 1.82) is 0 Å². The molecule has 0 radical (unpaired) electrons. The van der Waals surface area contributed by atoms with Gasteiger partial charge < -0.3 is 9.22 Å². The Morgan fingerprint density at radius 2 is 1.95 bits per heavy atom. The monoisotopic (exact) mass is 412 g/mol. The Morgan fingerprint density at radius 3 is 2.55 bits per heavy atom. The summed E-state index contributed by atoms with van der Waals surface area (Å²) >= 11 is 2.34. The highest BCUT2D eigenvalue weighted by molar-refractivity contribution is 14.1. The minimum atomic E-state index is 0.0123. The molecule has 0 unspecified atom stereocenters. The van der Waals surface area contributed by atoms with Crippen molar-refractivity contribution < 1.29 is 14.0 Å². The second-order valence-electron chi connectivity index (χ2n) is 7.14. The van der Waals surface area contributed by atoms with Crippen LogP contribution in [0.3, 0.4) is 0 Å². The number of ether oxygens (including phenoxy) is 1. The van der Waals surface area contributed by atoms with Crippen molar-refractivity contribution in [2.75, 3.05) is 20.2 Å². The molecule has 4 atom stereocenters. The number of nitrogens with zero attached hydrogens (tertiary/aromatic N) is 1. The number of hydrogen-bond acceptors (Lipinski definition) is 2. The molecule has 3 heterocycles. The highest BCUT2D eigenvalue weighted by atomic mass is 127. The number of carbonyl (C=O) groups is 1. The highest BCUT2D eigenvalue weighted by Crippen LogP contribution is 2.54. The van der Waals surface area contributed by atoms with Crippen LogP contribution < -0.4 is 0 Å². The van der Waals surface area contributed by atoms with E-state index in [9.17, 15) is 4.79 Å². The molecule has 3 fully saturated rings. The fourth-order valence-corrected chi connectivity index (χ4v) is 5.77. The van der Waals surface area contributed by atoms with Gasteiger partial charge in [-0.05, 0) is 40.3 Å². The van der Waals surface area contributed by atoms with Crippen molar-refractivity contribution in [3.63, 3.8) is 0 Å². The van der Waals surface area contributed by atoms with Gasteiger partial charge in [-0.2, -0.15) is 0 Å². The summed E-state index contributed by atoms with van der Waals surface area (Å²) in [5.74, 6) is 0.397. The van der Waals surface area contributed by atoms with Gasteiger partial charge in [0.05, 0.1) is 26.2 Å². The third-order valence-electron chi connectivity index (χ3n) is 6.48. The second kappa shape index (κ2) is 5.48. The van der Waals surface area contributed by atoms with Gasteiger partial charge in [0, 0.05) is 35.2 Å². The van der Waals surface area contributed by atoms with E-state index in [4.69, 9.17) is 4.74 Å². The van der Waals surface area contributed by atoms with Crippen molar-refractivity contribution in [2.45, 2.75) is 43.7 Å². The molecule has 1 aromatic rings. The van der Waals surface area contributed by atoms with Gasteiger partial charge in [0.15, 0.2) is 0 Å². The van der Waals surface area contributed by atoms with E-state index in [1.807, 2.05) is 0 Å². The van der Waals surface area contributed by atoms with Crippen LogP contribution >= 0.6 is 22.6 Å². The molecule has 4 heteroatoms. The lowest BCUT2D eigenvalue weighted by Crippen LogP contribution is -2.70. The van der Waals surface area contributed by atoms with E-state index in [0.29, 0.717) is 12.0 Å². The van der Waals surface area contributed by atoms with Gasteiger partial charge in [-0.15, -0.1) is 0 Å². The van der Waals surface area contributed by atoms with Gasteiger partial charge in [0.25, 0.3) is 0 Å². The lowest BCUT2D eigenvalue weighted by Gasteiger charge is -2.57. The van der Waals surface area contributed by atoms with Crippen LogP contribution in [-0.2, 0) is 9.53 Å². The molecule has 3 aliphatic heterocycles. The van der Waals surface area contributed by atoms with E-state index in [1.165, 1.54) is 46.0 Å². The molecule has 0 aliphatic carbocycles. The normalized spacial score (nSPS) is 35.2. The molecule has 3 aliphatic rings. The lowest BCUT2D eigenvalue weighted by atomic mass is 9.73. The van der Waals surface area contributed by atoms with Gasteiger partial charge in [-0.1, -0.05) is 12.1 Å². The molecule has 0 N–H and O–H groups in total. The summed E-state index contributed by atoms with van der Waals surface area (Å²) in [5.41, 5.74) is 1.33. The summed E-state index contributed by atoms with van der Waals surface area (Å²) in [5, 5.41) is 0. The molecule has 3 saturated heterocycles. The number of piperidine rings is 1. The van der Waals surface area contributed by atoms with Crippen molar-refractivity contribution in [1.82, 2.24) is 0 Å². The topological polar surface area (TPSA) is 26.3 Å². The maximum Gasteiger partial charge on any atom is 0.315 e. The molecule has 0 aromatic heterocycles. The van der Waals surface area contributed by atoms with Crippen LogP contribution in [0.1, 0.15) is 37.2 Å². The fourth-order valence-electron chi connectivity index (χ4n) is 5.41. The molecule has 2 bridgehead atoms. The second-order valence-corrected chi connectivity index (χ2v) is 8.39. The fraction of sp³-hybridized carbons (Fsp3) is 0.611. The molecular weight excluding hydrogens is 389 g/mol. The van der Waals surface area contributed by atoms with Crippen LogP contribution in [0.4, 0.5) is 0 Å². The number of esters is 1. The zero-order valence-corrected chi connectivity index (χ0v) is 15.2. The third kappa shape index (κ3) is 2.06. The highest BCUT2D eigenvalue weighted by Gasteiger charge is 2.63. The van der Waals surface area contributed by atoms with Gasteiger partial charge in [-0.25, -0.2) is 0 Å². The first-order valence-corrected chi connectivity index (χ1v) is 9.43. The van der Waals surface area contributed by atoms with Gasteiger partial charge in [0.1, 0.15) is 12.0 Å². The Hall–Kier alpha value is -0.620. The summed E-state index contributed by atoms with van der Waals surface area (Å²) in [6.07, 6.45) is 4.97. The van der Waals surface area contributed by atoms with E-state index >= 15 is 0 Å². The Labute approximate surface area is 145 Å². The molecular formula is C18H23INO2+. The zero-order chi connectivity index (χ0) is 15.3. The maximum absolute atomic E-state index is 12.6. The van der Waals surface area contributed by atoms with E-state index in [2.05, 4.69) is 46.9 Å². The minimum Gasteiger partial charge on any atom is -0.469 e. The summed E-state index contributed by atoms with van der Waals surface area (Å²) in [4.78, 5) is 12.6. The van der Waals surface area contributed by atoms with E-state index in [0.717, 1.165) is 12.5 Å². The molecule has 4 rings (SSSR count). The van der Waals surface area contributed by atoms with Crippen LogP contribution in [0, 0.1) is 9.49 Å². The predicted molar refractivity (Wildman–Crippen MR) is 93.4 cm³/mol. The Morgan fingerprint density at radius 1 is 1.23 bits per heavy atom. The SMILES string of the molecule is COC(=O)[C@@H]1[C@@H](c2ccc(I)cc2)C[C@@H]2CC[C@H]1[N+]21CCC1. The number of rotatable bonds is 2. The average Bonchev–Trinajstić information content (AvgIpc) is 2.76. The van der Waals surface area contributed by atoms with Crippen LogP contribution in [0.2, 0.25) is 0 Å². The van der Waals surface area contributed by atoms with Crippen molar-refractivity contribution in [2.24, 2.45) is 5.92 Å². The Balaban J connectivity index is 1.72. The Kier molecular flexibility index (Phi) is 3.72. The predicted octanol–water partition coefficient (Wildman–Crippen LogP) is 3.32. The van der Waals surface area contributed by atoms with Gasteiger partial charge >= 0.3 is 5.97 Å². The summed E-state index contributed by atoms with van der Waals surface area (Å²) in [6, 6.07) is 10.0. The smallest absolute Gasteiger partial charge is 0.315 e. The third-order valence-corrected chi connectivity index (χ3v) is 7.20. The number of quaternary nitrogens is 1. The summed E-state index contributed by atoms with van der Waals surface area (Å²) in [7, 11) is 1.55. The lowest BCUT2D eigenvalue weighted by molar-refractivity contribution is -1.00. The first-order valence-electron chi connectivity index (χ1n) is 8.35. The first kappa shape index (κ1) is 14.9. The Bertz CT molecular complexity index is 581. The molecule has 0 saturated carbocycles. The molecule has 118 valence electrons. The van der Waals surface area contributed by atoms with Gasteiger partial charge in [0.2, 0.25) is 0 Å². The molecule has 3 nitrogen and oxygen atoms in total. The number of methoxy groups -OCH3 is 1. The van der Waals surface area contributed by atoms with Crippen LogP contribution in [0.5, 0.6) is 0 Å². The van der Waals surface area contributed by atoms with Crippen molar-refractivity contribution >= 4 is 28.6 Å². The molecule has 1 spiro atoms. The average molecular weight is 412 g/mol. The number of hydrogen-bond donors (Lipinski definition) is 0. The largest absolute Gasteiger partial charge is 0.469 e. The van der Waals surface area contributed by atoms with Crippen molar-refractivity contribution in [3.05, 3.63) is 33.4 Å². The van der Waals surface area contributed by atoms with E-state index in [-0.39, 0.29) is 11.9 Å². The summed E-state index contributed by atoms with van der Waals surface area (Å²) < 4.78 is 7.70. The van der Waals surface area contributed by atoms with Crippen LogP contribution in [0.25, 0.3) is 0 Å². The summed E-state index contributed by atoms with van der Waals surface area (Å²) in [6.45, 7) is 2.56. The first-order chi connectivity index (χ1) is 10.7. The number of carbonyl (C=O) groups excluding carboxylic acids is 1. The standard InChI is InChI=1S/C18H23INO2/c1-22-18(21)17-15(12-3-5-13(19)6-4-12)11-14-7-8-16(17)20(14)9-2-10-20/h3-6,14-17H,2,7-11H2,1H3/q+1/t14-,15+,16+,17+/m0/s1. The van der Waals surface area contributed by atoms with E-state index in [1.54, 1.807) is 7.11 Å². The quantitative estimate of drug-likeness (QED) is 0.423. The number of benzene rings is 1. The molecule has 1 aromatic carbocycles. The number of halogens is 1. The zero-order valence-electron chi connectivity index (χ0n) is 13.0. The van der Waals surface area contributed by atoms with Crippen LogP contribution in [0.15, 0.2) is 24.3 Å². The van der Waals surface area contributed by atoms with Gasteiger partial charge in [-0.3, -0.25) is 4.79 Å². The molecule has 22 heavy (non-hydrogen) atoms. The van der Waals surface area contributed by atoms with Crippen LogP contribution in [-0.4, -0.2) is 42.7 Å². The maximum atomic E-state index is 12.6. The molecule has 0 amide bonds. The van der Waals surface area contributed by atoms with Crippen molar-refractivity contribution in [3.8, 4) is 0 Å².